The molecule has 30 heavy (non-hydrogen) atoms. The van der Waals surface area contributed by atoms with Gasteiger partial charge in [-0.3, -0.25) is 0 Å². The summed E-state index contributed by atoms with van der Waals surface area (Å²) in [5, 5.41) is 13.3. The van der Waals surface area contributed by atoms with E-state index in [4.69, 9.17) is 9.26 Å². The van der Waals surface area contributed by atoms with Gasteiger partial charge >= 0.3 is 0 Å². The molecule has 0 amide bonds. The van der Waals surface area contributed by atoms with Gasteiger partial charge in [-0.1, -0.05) is 17.8 Å². The topological polar surface area (TPSA) is 88.1 Å². The lowest BCUT2D eigenvalue weighted by Gasteiger charge is -2.10. The van der Waals surface area contributed by atoms with E-state index in [0.717, 1.165) is 31.4 Å². The molecule has 0 radical (unpaired) electrons. The van der Waals surface area contributed by atoms with Crippen molar-refractivity contribution in [2.24, 2.45) is 0 Å². The minimum atomic E-state index is 0.311. The van der Waals surface area contributed by atoms with Gasteiger partial charge in [-0.05, 0) is 75.8 Å². The normalized spacial score (nSPS) is 10.7. The van der Waals surface area contributed by atoms with Crippen molar-refractivity contribution in [3.05, 3.63) is 54.2 Å². The third-order valence-corrected chi connectivity index (χ3v) is 4.48. The summed E-state index contributed by atoms with van der Waals surface area (Å²) in [4.78, 5) is 11.0. The Morgan fingerprint density at radius 2 is 2.10 bits per heavy atom. The molecule has 154 valence electrons. The van der Waals surface area contributed by atoms with E-state index < -0.39 is 0 Å². The zero-order valence-electron chi connectivity index (χ0n) is 17.3. The Balaban J connectivity index is 1.73. The highest BCUT2D eigenvalue weighted by Crippen LogP contribution is 2.28. The van der Waals surface area contributed by atoms with Crippen molar-refractivity contribution in [1.29, 1.82) is 5.26 Å². The highest BCUT2D eigenvalue weighted by Gasteiger charge is 2.16. The van der Waals surface area contributed by atoms with Crippen LogP contribution in [-0.2, 0) is 0 Å². The second kappa shape index (κ2) is 10.3. The molecule has 2 heterocycles. The molecule has 0 aliphatic carbocycles. The van der Waals surface area contributed by atoms with Crippen LogP contribution >= 0.6 is 0 Å². The van der Waals surface area contributed by atoms with Crippen LogP contribution in [0, 0.1) is 11.3 Å². The summed E-state index contributed by atoms with van der Waals surface area (Å²) in [5.41, 5.74) is 2.49. The van der Waals surface area contributed by atoms with Crippen LogP contribution < -0.4 is 4.74 Å². The lowest BCUT2D eigenvalue weighted by molar-refractivity contribution is 0.299. The smallest absolute Gasteiger partial charge is 0.258 e. The predicted molar refractivity (Wildman–Crippen MR) is 116 cm³/mol. The van der Waals surface area contributed by atoms with E-state index in [1.165, 1.54) is 0 Å². The van der Waals surface area contributed by atoms with Gasteiger partial charge in [0.15, 0.2) is 5.69 Å². The third kappa shape index (κ3) is 5.52. The van der Waals surface area contributed by atoms with Gasteiger partial charge in [-0.25, -0.2) is 4.98 Å². The fourth-order valence-corrected chi connectivity index (χ4v) is 2.96. The largest absolute Gasteiger partial charge is 0.491 e. The van der Waals surface area contributed by atoms with E-state index >= 15 is 0 Å². The average molecular weight is 403 g/mol. The minimum Gasteiger partial charge on any atom is -0.491 e. The highest BCUT2D eigenvalue weighted by molar-refractivity contribution is 5.66. The molecule has 0 fully saturated rings. The molecule has 2 aromatic heterocycles. The molecule has 0 aliphatic rings. The van der Waals surface area contributed by atoms with Gasteiger partial charge in [-0.15, -0.1) is 0 Å². The van der Waals surface area contributed by atoms with Crippen LogP contribution in [0.25, 0.3) is 29.0 Å². The highest BCUT2D eigenvalue weighted by atomic mass is 16.5. The summed E-state index contributed by atoms with van der Waals surface area (Å²) in [6.45, 7) is 5.43. The Hall–Kier alpha value is -3.50. The van der Waals surface area contributed by atoms with Crippen LogP contribution in [0.3, 0.4) is 0 Å². The SMILES string of the molecule is C=Cc1cc(C#N)cc(-c2nc(-c3ncccc3OCCCCCN(C)C)no2)c1. The fraction of sp³-hybridized carbons (Fsp3) is 0.304. The zero-order valence-corrected chi connectivity index (χ0v) is 17.3. The van der Waals surface area contributed by atoms with E-state index in [1.807, 2.05) is 18.2 Å². The molecule has 0 atom stereocenters. The number of pyridine rings is 1. The monoisotopic (exact) mass is 403 g/mol. The Kier molecular flexibility index (Phi) is 7.30. The van der Waals surface area contributed by atoms with Gasteiger partial charge in [0.1, 0.15) is 5.75 Å². The van der Waals surface area contributed by atoms with Crippen LogP contribution in [0.2, 0.25) is 0 Å². The summed E-state index contributed by atoms with van der Waals surface area (Å²) in [5.74, 6) is 1.27. The number of nitriles is 1. The maximum absolute atomic E-state index is 9.23. The molecule has 3 aromatic rings. The van der Waals surface area contributed by atoms with E-state index in [-0.39, 0.29) is 0 Å². The Labute approximate surface area is 176 Å². The van der Waals surface area contributed by atoms with Crippen LogP contribution in [-0.4, -0.2) is 47.3 Å². The first-order chi connectivity index (χ1) is 14.6. The van der Waals surface area contributed by atoms with E-state index in [1.54, 1.807) is 24.4 Å². The van der Waals surface area contributed by atoms with Crippen molar-refractivity contribution in [2.75, 3.05) is 27.2 Å². The maximum Gasteiger partial charge on any atom is 0.258 e. The second-order valence-electron chi connectivity index (χ2n) is 7.15. The molecule has 0 saturated carbocycles. The number of benzene rings is 1. The molecule has 7 nitrogen and oxygen atoms in total. The van der Waals surface area contributed by atoms with Gasteiger partial charge in [0, 0.05) is 11.8 Å². The second-order valence-corrected chi connectivity index (χ2v) is 7.15. The van der Waals surface area contributed by atoms with Crippen molar-refractivity contribution >= 4 is 6.08 Å². The summed E-state index contributed by atoms with van der Waals surface area (Å²) >= 11 is 0. The number of hydrogen-bond acceptors (Lipinski definition) is 7. The first-order valence-corrected chi connectivity index (χ1v) is 9.85. The van der Waals surface area contributed by atoms with Crippen molar-refractivity contribution in [3.63, 3.8) is 0 Å². The van der Waals surface area contributed by atoms with Crippen LogP contribution in [0.1, 0.15) is 30.4 Å². The molecular formula is C23H25N5O2. The molecule has 1 aromatic carbocycles. The van der Waals surface area contributed by atoms with Crippen molar-refractivity contribution < 1.29 is 9.26 Å². The summed E-state index contributed by atoms with van der Waals surface area (Å²) in [7, 11) is 4.15. The number of aromatic nitrogens is 3. The van der Waals surface area contributed by atoms with Gasteiger partial charge in [-0.2, -0.15) is 10.2 Å². The number of nitrogens with zero attached hydrogens (tertiary/aromatic N) is 5. The first-order valence-electron chi connectivity index (χ1n) is 9.85. The van der Waals surface area contributed by atoms with Crippen LogP contribution in [0.4, 0.5) is 0 Å². The molecule has 7 heteroatoms. The Morgan fingerprint density at radius 1 is 1.23 bits per heavy atom. The van der Waals surface area contributed by atoms with Crippen molar-refractivity contribution in [2.45, 2.75) is 19.3 Å². The molecule has 0 saturated heterocycles. The summed E-state index contributed by atoms with van der Waals surface area (Å²) in [6.07, 6.45) is 6.54. The van der Waals surface area contributed by atoms with Gasteiger partial charge in [0.2, 0.25) is 5.82 Å². The number of rotatable bonds is 10. The van der Waals surface area contributed by atoms with E-state index in [9.17, 15) is 5.26 Å². The third-order valence-electron chi connectivity index (χ3n) is 4.48. The molecule has 0 spiro atoms. The maximum atomic E-state index is 9.23. The molecule has 0 unspecified atom stereocenters. The van der Waals surface area contributed by atoms with Crippen LogP contribution in [0.15, 0.2) is 47.6 Å². The number of hydrogen-bond donors (Lipinski definition) is 0. The van der Waals surface area contributed by atoms with E-state index in [0.29, 0.717) is 40.9 Å². The van der Waals surface area contributed by atoms with Gasteiger partial charge in [0.25, 0.3) is 5.89 Å². The van der Waals surface area contributed by atoms with Crippen molar-refractivity contribution in [3.8, 4) is 34.8 Å². The summed E-state index contributed by atoms with van der Waals surface area (Å²) in [6, 6.07) is 11.1. The lowest BCUT2D eigenvalue weighted by Crippen LogP contribution is -2.13. The van der Waals surface area contributed by atoms with Crippen molar-refractivity contribution in [1.82, 2.24) is 20.0 Å². The first kappa shape index (κ1) is 21.2. The summed E-state index contributed by atoms with van der Waals surface area (Å²) < 4.78 is 11.4. The Bertz CT molecular complexity index is 1040. The molecule has 0 bridgehead atoms. The number of ether oxygens (including phenoxy) is 1. The quantitative estimate of drug-likeness (QED) is 0.463. The van der Waals surface area contributed by atoms with Crippen LogP contribution in [0.5, 0.6) is 5.75 Å². The fourth-order valence-electron chi connectivity index (χ4n) is 2.96. The van der Waals surface area contributed by atoms with Gasteiger partial charge in [0.05, 0.1) is 18.2 Å². The zero-order chi connectivity index (χ0) is 21.3. The number of unbranched alkanes of at least 4 members (excludes halogenated alkanes) is 2. The van der Waals surface area contributed by atoms with E-state index in [2.05, 4.69) is 46.8 Å². The Morgan fingerprint density at radius 3 is 2.87 bits per heavy atom. The molecule has 0 N–H and O–H groups in total. The lowest BCUT2D eigenvalue weighted by atomic mass is 10.1. The van der Waals surface area contributed by atoms with Gasteiger partial charge < -0.3 is 14.2 Å². The predicted octanol–water partition coefficient (Wildman–Crippen LogP) is 4.42. The standard InChI is InChI=1S/C23H25N5O2/c1-4-17-13-18(16-24)15-19(14-17)23-26-22(27-30-23)21-20(9-8-10-25-21)29-12-7-5-6-11-28(2)3/h4,8-10,13-15H,1,5-7,11-12H2,2-3H3. The molecule has 0 aliphatic heterocycles. The molecular weight excluding hydrogens is 378 g/mol. The average Bonchev–Trinajstić information content (AvgIpc) is 3.26. The minimum absolute atomic E-state index is 0.311. The molecule has 3 rings (SSSR count).